The number of morpholine rings is 1. The first-order chi connectivity index (χ1) is 7.72. The van der Waals surface area contributed by atoms with Crippen molar-refractivity contribution in [1.29, 1.82) is 0 Å². The lowest BCUT2D eigenvalue weighted by Gasteiger charge is -2.25. The van der Waals surface area contributed by atoms with Gasteiger partial charge >= 0.3 is 0 Å². The summed E-state index contributed by atoms with van der Waals surface area (Å²) < 4.78 is 24.0. The van der Waals surface area contributed by atoms with Crippen molar-refractivity contribution in [3.8, 4) is 5.75 Å². The van der Waals surface area contributed by atoms with Crippen LogP contribution in [0, 0.1) is 5.82 Å². The third-order valence-electron chi connectivity index (χ3n) is 2.46. The van der Waals surface area contributed by atoms with Crippen molar-refractivity contribution in [3.05, 3.63) is 29.6 Å². The van der Waals surface area contributed by atoms with E-state index >= 15 is 0 Å². The molecule has 0 saturated carbocycles. The predicted molar refractivity (Wildman–Crippen MR) is 54.7 cm³/mol. The highest BCUT2D eigenvalue weighted by Crippen LogP contribution is 2.30. The smallest absolute Gasteiger partial charge is 0.246 e. The first kappa shape index (κ1) is 10.9. The molecule has 5 heteroatoms. The zero-order valence-corrected chi connectivity index (χ0v) is 8.83. The molecule has 1 atom stereocenters. The van der Waals surface area contributed by atoms with E-state index in [-0.39, 0.29) is 24.9 Å². The second kappa shape index (κ2) is 4.49. The van der Waals surface area contributed by atoms with E-state index in [9.17, 15) is 9.18 Å². The van der Waals surface area contributed by atoms with E-state index in [1.54, 1.807) is 12.1 Å². The molecule has 1 saturated heterocycles. The topological polar surface area (TPSA) is 47.6 Å². The van der Waals surface area contributed by atoms with E-state index < -0.39 is 6.10 Å². The van der Waals surface area contributed by atoms with Crippen LogP contribution in [-0.2, 0) is 9.53 Å². The summed E-state index contributed by atoms with van der Waals surface area (Å²) in [7, 11) is 1.47. The standard InChI is InChI=1S/C11H12FNO3/c1-15-8-4-2-3-7(12)11(8)9-5-13-10(14)6-16-9/h2-4,9H,5-6H2,1H3,(H,13,14)/t9-/m1/s1. The maximum Gasteiger partial charge on any atom is 0.246 e. The molecule has 1 N–H and O–H groups in total. The summed E-state index contributed by atoms with van der Waals surface area (Å²) in [6, 6.07) is 4.58. The minimum atomic E-state index is -0.492. The van der Waals surface area contributed by atoms with E-state index in [0.29, 0.717) is 11.3 Å². The van der Waals surface area contributed by atoms with E-state index in [4.69, 9.17) is 9.47 Å². The van der Waals surface area contributed by atoms with Gasteiger partial charge in [0.1, 0.15) is 24.3 Å². The fourth-order valence-electron chi connectivity index (χ4n) is 1.69. The minimum Gasteiger partial charge on any atom is -0.496 e. The summed E-state index contributed by atoms with van der Waals surface area (Å²) in [6.07, 6.45) is -0.492. The quantitative estimate of drug-likeness (QED) is 0.817. The molecule has 2 rings (SSSR count). The predicted octanol–water partition coefficient (Wildman–Crippen LogP) is 1.02. The van der Waals surface area contributed by atoms with Crippen LogP contribution in [0.3, 0.4) is 0 Å². The Hall–Kier alpha value is -1.62. The van der Waals surface area contributed by atoms with E-state index in [2.05, 4.69) is 5.32 Å². The van der Waals surface area contributed by atoms with Crippen LogP contribution in [0.5, 0.6) is 5.75 Å². The SMILES string of the molecule is COc1cccc(F)c1[C@H]1CNC(=O)CO1. The van der Waals surface area contributed by atoms with Crippen molar-refractivity contribution in [3.63, 3.8) is 0 Å². The van der Waals surface area contributed by atoms with Crippen molar-refractivity contribution >= 4 is 5.91 Å². The van der Waals surface area contributed by atoms with Gasteiger partial charge in [0.2, 0.25) is 5.91 Å². The lowest BCUT2D eigenvalue weighted by molar-refractivity contribution is -0.133. The van der Waals surface area contributed by atoms with E-state index in [1.165, 1.54) is 13.2 Å². The highest BCUT2D eigenvalue weighted by atomic mass is 19.1. The maximum atomic E-state index is 13.6. The molecule has 1 aromatic carbocycles. The zero-order chi connectivity index (χ0) is 11.5. The summed E-state index contributed by atoms with van der Waals surface area (Å²) in [5.74, 6) is -0.145. The van der Waals surface area contributed by atoms with Gasteiger partial charge in [-0.1, -0.05) is 6.07 Å². The maximum absolute atomic E-state index is 13.6. The lowest BCUT2D eigenvalue weighted by atomic mass is 10.1. The van der Waals surface area contributed by atoms with Gasteiger partial charge in [-0.15, -0.1) is 0 Å². The first-order valence-electron chi connectivity index (χ1n) is 4.93. The van der Waals surface area contributed by atoms with Gasteiger partial charge in [-0.3, -0.25) is 4.79 Å². The summed E-state index contributed by atoms with van der Waals surface area (Å²) in [5.41, 5.74) is 0.352. The van der Waals surface area contributed by atoms with Crippen LogP contribution in [0.25, 0.3) is 0 Å². The van der Waals surface area contributed by atoms with E-state index in [1.807, 2.05) is 0 Å². The number of benzene rings is 1. The molecule has 0 aliphatic carbocycles. The number of hydrogen-bond acceptors (Lipinski definition) is 3. The third kappa shape index (κ3) is 1.99. The number of halogens is 1. The summed E-state index contributed by atoms with van der Waals surface area (Å²) in [5, 5.41) is 2.62. The fraction of sp³-hybridized carbons (Fsp3) is 0.364. The van der Waals surface area contributed by atoms with E-state index in [0.717, 1.165) is 0 Å². The van der Waals surface area contributed by atoms with Gasteiger partial charge in [-0.2, -0.15) is 0 Å². The molecule has 0 bridgehead atoms. The molecule has 0 aromatic heterocycles. The number of carbonyl (C=O) groups excluding carboxylic acids is 1. The molecule has 1 fully saturated rings. The molecule has 16 heavy (non-hydrogen) atoms. The Labute approximate surface area is 92.4 Å². The number of amides is 1. The number of ether oxygens (including phenoxy) is 2. The van der Waals surface area contributed by atoms with Gasteiger partial charge in [0, 0.05) is 6.54 Å². The molecule has 1 heterocycles. The molecule has 1 aliphatic rings. The minimum absolute atomic E-state index is 0.0534. The average Bonchev–Trinajstić information content (AvgIpc) is 2.30. The summed E-state index contributed by atoms with van der Waals surface area (Å²) >= 11 is 0. The van der Waals surface area contributed by atoms with Crippen LogP contribution in [0.2, 0.25) is 0 Å². The van der Waals surface area contributed by atoms with Crippen molar-refractivity contribution in [2.75, 3.05) is 20.3 Å². The zero-order valence-electron chi connectivity index (χ0n) is 8.83. The highest BCUT2D eigenvalue weighted by Gasteiger charge is 2.25. The average molecular weight is 225 g/mol. The van der Waals surface area contributed by atoms with Crippen molar-refractivity contribution < 1.29 is 18.7 Å². The Morgan fingerprint density at radius 3 is 3.00 bits per heavy atom. The number of carbonyl (C=O) groups is 1. The van der Waals surface area contributed by atoms with Crippen LogP contribution in [0.15, 0.2) is 18.2 Å². The summed E-state index contributed by atoms with van der Waals surface area (Å²) in [6.45, 7) is 0.207. The second-order valence-electron chi connectivity index (χ2n) is 3.46. The molecule has 1 aromatic rings. The van der Waals surface area contributed by atoms with Crippen LogP contribution < -0.4 is 10.1 Å². The molecule has 86 valence electrons. The van der Waals surface area contributed by atoms with Crippen LogP contribution in [-0.4, -0.2) is 26.2 Å². The molecule has 4 nitrogen and oxygen atoms in total. The molecular formula is C11H12FNO3. The van der Waals surface area contributed by atoms with Crippen LogP contribution in [0.4, 0.5) is 4.39 Å². The number of methoxy groups -OCH3 is 1. The third-order valence-corrected chi connectivity index (χ3v) is 2.46. The number of rotatable bonds is 2. The number of nitrogens with one attached hydrogen (secondary N) is 1. The number of hydrogen-bond donors (Lipinski definition) is 1. The molecule has 0 unspecified atom stereocenters. The van der Waals surface area contributed by atoms with Crippen molar-refractivity contribution in [1.82, 2.24) is 5.32 Å². The lowest BCUT2D eigenvalue weighted by Crippen LogP contribution is -2.39. The normalized spacial score (nSPS) is 20.4. The Balaban J connectivity index is 2.28. The monoisotopic (exact) mass is 225 g/mol. The Bertz CT molecular complexity index is 398. The van der Waals surface area contributed by atoms with Gasteiger partial charge in [0.15, 0.2) is 0 Å². The van der Waals surface area contributed by atoms with Gasteiger partial charge in [-0.05, 0) is 12.1 Å². The Morgan fingerprint density at radius 2 is 2.38 bits per heavy atom. The van der Waals surface area contributed by atoms with Crippen LogP contribution >= 0.6 is 0 Å². The molecule has 0 spiro atoms. The first-order valence-corrected chi connectivity index (χ1v) is 4.93. The highest BCUT2D eigenvalue weighted by molar-refractivity contribution is 5.77. The molecule has 1 amide bonds. The summed E-state index contributed by atoms with van der Waals surface area (Å²) in [4.78, 5) is 10.9. The molecule has 1 aliphatic heterocycles. The van der Waals surface area contributed by atoms with Gasteiger partial charge in [-0.25, -0.2) is 4.39 Å². The van der Waals surface area contributed by atoms with Gasteiger partial charge in [0.25, 0.3) is 0 Å². The van der Waals surface area contributed by atoms with Gasteiger partial charge < -0.3 is 14.8 Å². The Morgan fingerprint density at radius 1 is 1.56 bits per heavy atom. The van der Waals surface area contributed by atoms with Crippen LogP contribution in [0.1, 0.15) is 11.7 Å². The van der Waals surface area contributed by atoms with Crippen molar-refractivity contribution in [2.24, 2.45) is 0 Å². The molecular weight excluding hydrogens is 213 g/mol. The fourth-order valence-corrected chi connectivity index (χ4v) is 1.69. The van der Waals surface area contributed by atoms with Gasteiger partial charge in [0.05, 0.1) is 12.7 Å². The largest absolute Gasteiger partial charge is 0.496 e. The Kier molecular flexibility index (Phi) is 3.05. The van der Waals surface area contributed by atoms with Crippen molar-refractivity contribution in [2.45, 2.75) is 6.10 Å². The second-order valence-corrected chi connectivity index (χ2v) is 3.46. The molecule has 0 radical (unpaired) electrons.